The smallest absolute Gasteiger partial charge is 0.123 e. The monoisotopic (exact) mass is 180 g/mol. The van der Waals surface area contributed by atoms with Crippen LogP contribution in [0.3, 0.4) is 0 Å². The number of para-hydroxylation sites is 1. The molecule has 0 saturated carbocycles. The van der Waals surface area contributed by atoms with Gasteiger partial charge in [0.2, 0.25) is 0 Å². The summed E-state index contributed by atoms with van der Waals surface area (Å²) in [5.74, 6) is 0.919. The standard InChI is InChI=1S/C10H16N2O/c1-12(8-11)7-9-5-3-4-6-10(9)13-2/h3-6H,7-8,11H2,1-2H3. The van der Waals surface area contributed by atoms with Crippen molar-refractivity contribution in [3.63, 3.8) is 0 Å². The molecule has 1 aromatic rings. The van der Waals surface area contributed by atoms with Crippen LogP contribution in [0.2, 0.25) is 0 Å². The zero-order valence-corrected chi connectivity index (χ0v) is 8.16. The van der Waals surface area contributed by atoms with Crippen LogP contribution in [0.4, 0.5) is 0 Å². The summed E-state index contributed by atoms with van der Waals surface area (Å²) in [6.45, 7) is 1.37. The van der Waals surface area contributed by atoms with Crippen LogP contribution >= 0.6 is 0 Å². The van der Waals surface area contributed by atoms with Crippen molar-refractivity contribution in [3.8, 4) is 5.75 Å². The van der Waals surface area contributed by atoms with Crippen molar-refractivity contribution in [2.75, 3.05) is 20.8 Å². The molecule has 0 radical (unpaired) electrons. The largest absolute Gasteiger partial charge is 0.496 e. The second-order valence-electron chi connectivity index (χ2n) is 3.01. The van der Waals surface area contributed by atoms with E-state index in [9.17, 15) is 0 Å². The topological polar surface area (TPSA) is 38.5 Å². The van der Waals surface area contributed by atoms with Gasteiger partial charge < -0.3 is 10.5 Å². The van der Waals surface area contributed by atoms with E-state index in [-0.39, 0.29) is 0 Å². The summed E-state index contributed by atoms with van der Waals surface area (Å²) in [5, 5.41) is 0. The summed E-state index contributed by atoms with van der Waals surface area (Å²) < 4.78 is 5.22. The summed E-state index contributed by atoms with van der Waals surface area (Å²) >= 11 is 0. The lowest BCUT2D eigenvalue weighted by Crippen LogP contribution is -2.25. The Kier molecular flexibility index (Phi) is 3.73. The molecule has 0 fully saturated rings. The van der Waals surface area contributed by atoms with Gasteiger partial charge in [0, 0.05) is 18.8 Å². The molecule has 0 unspecified atom stereocenters. The second-order valence-corrected chi connectivity index (χ2v) is 3.01. The summed E-state index contributed by atoms with van der Waals surface area (Å²) in [7, 11) is 3.66. The van der Waals surface area contributed by atoms with Crippen molar-refractivity contribution >= 4 is 0 Å². The summed E-state index contributed by atoms with van der Waals surface area (Å²) in [5.41, 5.74) is 6.66. The number of nitrogens with two attached hydrogens (primary N) is 1. The molecule has 0 amide bonds. The Balaban J connectivity index is 2.74. The molecule has 1 aromatic carbocycles. The van der Waals surface area contributed by atoms with Crippen molar-refractivity contribution in [2.24, 2.45) is 5.73 Å². The van der Waals surface area contributed by atoms with E-state index in [1.807, 2.05) is 36.2 Å². The van der Waals surface area contributed by atoms with Crippen LogP contribution in [-0.4, -0.2) is 25.7 Å². The molecule has 13 heavy (non-hydrogen) atoms. The molecule has 0 spiro atoms. The third kappa shape index (κ3) is 2.72. The first-order valence-corrected chi connectivity index (χ1v) is 4.28. The second kappa shape index (κ2) is 4.84. The molecular formula is C10H16N2O. The van der Waals surface area contributed by atoms with Crippen LogP contribution in [0.15, 0.2) is 24.3 Å². The van der Waals surface area contributed by atoms with Gasteiger partial charge in [-0.1, -0.05) is 18.2 Å². The Labute approximate surface area is 79.1 Å². The Morgan fingerprint density at radius 3 is 2.69 bits per heavy atom. The van der Waals surface area contributed by atoms with E-state index < -0.39 is 0 Å². The van der Waals surface area contributed by atoms with Crippen molar-refractivity contribution < 1.29 is 4.74 Å². The molecule has 0 heterocycles. The predicted octanol–water partition coefficient (Wildman–Crippen LogP) is 1.04. The van der Waals surface area contributed by atoms with E-state index in [0.717, 1.165) is 17.9 Å². The molecule has 0 aliphatic carbocycles. The maximum absolute atomic E-state index is 5.50. The number of nitrogens with zero attached hydrogens (tertiary/aromatic N) is 1. The maximum Gasteiger partial charge on any atom is 0.123 e. The van der Waals surface area contributed by atoms with Crippen molar-refractivity contribution in [3.05, 3.63) is 29.8 Å². The number of methoxy groups -OCH3 is 1. The Morgan fingerprint density at radius 1 is 1.38 bits per heavy atom. The first-order chi connectivity index (χ1) is 6.27. The van der Waals surface area contributed by atoms with Gasteiger partial charge in [0.25, 0.3) is 0 Å². The minimum absolute atomic E-state index is 0.554. The molecule has 0 aliphatic rings. The molecule has 2 N–H and O–H groups in total. The maximum atomic E-state index is 5.50. The van der Waals surface area contributed by atoms with Crippen LogP contribution < -0.4 is 10.5 Å². The molecule has 1 rings (SSSR count). The number of hydrogen-bond donors (Lipinski definition) is 1. The van der Waals surface area contributed by atoms with Gasteiger partial charge in [0.15, 0.2) is 0 Å². The van der Waals surface area contributed by atoms with Crippen LogP contribution in [0.5, 0.6) is 5.75 Å². The third-order valence-corrected chi connectivity index (χ3v) is 1.94. The van der Waals surface area contributed by atoms with Crippen molar-refractivity contribution in [1.82, 2.24) is 4.90 Å². The predicted molar refractivity (Wildman–Crippen MR) is 53.5 cm³/mol. The minimum atomic E-state index is 0.554. The van der Waals surface area contributed by atoms with Gasteiger partial charge in [-0.15, -0.1) is 0 Å². The summed E-state index contributed by atoms with van der Waals surface area (Å²) in [6, 6.07) is 7.97. The molecule has 72 valence electrons. The number of benzene rings is 1. The fourth-order valence-electron chi connectivity index (χ4n) is 1.19. The van der Waals surface area contributed by atoms with E-state index in [2.05, 4.69) is 0 Å². The van der Waals surface area contributed by atoms with Crippen LogP contribution in [0.1, 0.15) is 5.56 Å². The van der Waals surface area contributed by atoms with Crippen molar-refractivity contribution in [2.45, 2.75) is 6.54 Å². The van der Waals surface area contributed by atoms with E-state index in [1.54, 1.807) is 7.11 Å². The lowest BCUT2D eigenvalue weighted by molar-refractivity contribution is 0.326. The molecule has 3 heteroatoms. The fourth-order valence-corrected chi connectivity index (χ4v) is 1.19. The van der Waals surface area contributed by atoms with Gasteiger partial charge in [-0.2, -0.15) is 0 Å². The third-order valence-electron chi connectivity index (χ3n) is 1.94. The molecule has 3 nitrogen and oxygen atoms in total. The summed E-state index contributed by atoms with van der Waals surface area (Å²) in [4.78, 5) is 2.03. The van der Waals surface area contributed by atoms with E-state index in [0.29, 0.717) is 6.67 Å². The Bertz CT molecular complexity index is 263. The fraction of sp³-hybridized carbons (Fsp3) is 0.400. The van der Waals surface area contributed by atoms with Crippen LogP contribution in [-0.2, 0) is 6.54 Å². The van der Waals surface area contributed by atoms with Crippen molar-refractivity contribution in [1.29, 1.82) is 0 Å². The molecule has 0 aliphatic heterocycles. The Hall–Kier alpha value is -1.06. The average molecular weight is 180 g/mol. The molecule has 0 saturated heterocycles. The lowest BCUT2D eigenvalue weighted by atomic mass is 10.2. The zero-order chi connectivity index (χ0) is 9.68. The van der Waals surface area contributed by atoms with Gasteiger partial charge in [0.05, 0.1) is 7.11 Å². The highest BCUT2D eigenvalue weighted by atomic mass is 16.5. The molecule has 0 atom stereocenters. The first-order valence-electron chi connectivity index (χ1n) is 4.28. The van der Waals surface area contributed by atoms with E-state index in [4.69, 9.17) is 10.5 Å². The van der Waals surface area contributed by atoms with Crippen LogP contribution in [0.25, 0.3) is 0 Å². The number of ether oxygens (including phenoxy) is 1. The van der Waals surface area contributed by atoms with Gasteiger partial charge in [-0.25, -0.2) is 0 Å². The Morgan fingerprint density at radius 2 is 2.08 bits per heavy atom. The minimum Gasteiger partial charge on any atom is -0.496 e. The SMILES string of the molecule is COc1ccccc1CN(C)CN. The molecule has 0 aromatic heterocycles. The number of hydrogen-bond acceptors (Lipinski definition) is 3. The van der Waals surface area contributed by atoms with Gasteiger partial charge in [-0.05, 0) is 13.1 Å². The number of rotatable bonds is 4. The van der Waals surface area contributed by atoms with Gasteiger partial charge in [-0.3, -0.25) is 4.90 Å². The highest BCUT2D eigenvalue weighted by Gasteiger charge is 2.03. The lowest BCUT2D eigenvalue weighted by Gasteiger charge is -2.15. The molecular weight excluding hydrogens is 164 g/mol. The van der Waals surface area contributed by atoms with E-state index >= 15 is 0 Å². The zero-order valence-electron chi connectivity index (χ0n) is 8.16. The summed E-state index contributed by atoms with van der Waals surface area (Å²) in [6.07, 6.45) is 0. The molecule has 0 bridgehead atoms. The van der Waals surface area contributed by atoms with Gasteiger partial charge >= 0.3 is 0 Å². The highest BCUT2D eigenvalue weighted by molar-refractivity contribution is 5.32. The highest BCUT2D eigenvalue weighted by Crippen LogP contribution is 2.18. The quantitative estimate of drug-likeness (QED) is 0.704. The van der Waals surface area contributed by atoms with E-state index in [1.165, 1.54) is 0 Å². The van der Waals surface area contributed by atoms with Gasteiger partial charge in [0.1, 0.15) is 5.75 Å². The van der Waals surface area contributed by atoms with Crippen LogP contribution in [0, 0.1) is 0 Å². The average Bonchev–Trinajstić information content (AvgIpc) is 2.18. The normalized spacial score (nSPS) is 10.5. The first kappa shape index (κ1) is 10.0.